The van der Waals surface area contributed by atoms with Crippen LogP contribution in [0, 0.1) is 13.8 Å². The lowest BCUT2D eigenvalue weighted by atomic mass is 10.1. The van der Waals surface area contributed by atoms with E-state index < -0.39 is 0 Å². The third-order valence-corrected chi connectivity index (χ3v) is 5.20. The Morgan fingerprint density at radius 2 is 2.16 bits per heavy atom. The van der Waals surface area contributed by atoms with Crippen LogP contribution in [0.4, 0.5) is 0 Å². The Morgan fingerprint density at radius 1 is 1.32 bits per heavy atom. The Balaban J connectivity index is 1.54. The van der Waals surface area contributed by atoms with Gasteiger partial charge in [0.1, 0.15) is 6.04 Å². The van der Waals surface area contributed by atoms with Crippen LogP contribution in [0.2, 0.25) is 0 Å². The van der Waals surface area contributed by atoms with Crippen molar-refractivity contribution in [3.63, 3.8) is 0 Å². The third kappa shape index (κ3) is 4.60. The summed E-state index contributed by atoms with van der Waals surface area (Å²) in [6.07, 6.45) is 4.85. The molecule has 0 aliphatic carbocycles. The first kappa shape index (κ1) is 17.9. The van der Waals surface area contributed by atoms with E-state index >= 15 is 0 Å². The van der Waals surface area contributed by atoms with E-state index in [0.717, 1.165) is 56.6 Å². The smallest absolute Gasteiger partial charge is 0.242 e. The zero-order valence-corrected chi connectivity index (χ0v) is 15.3. The Labute approximate surface area is 149 Å². The van der Waals surface area contributed by atoms with Crippen LogP contribution in [0.15, 0.2) is 6.07 Å². The van der Waals surface area contributed by atoms with Crippen molar-refractivity contribution in [2.75, 3.05) is 19.6 Å². The monoisotopic (exact) mass is 347 g/mol. The summed E-state index contributed by atoms with van der Waals surface area (Å²) < 4.78 is 2.04. The molecule has 0 saturated carbocycles. The molecule has 2 aliphatic heterocycles. The molecule has 7 nitrogen and oxygen atoms in total. The number of hydrogen-bond donors (Lipinski definition) is 2. The SMILES string of the molecule is Cc1cc(C)n(C[C@@H]2CCCN2CC(=O)N[C@H]2CCCCNC2=O)n1. The molecule has 7 heteroatoms. The van der Waals surface area contributed by atoms with Crippen molar-refractivity contribution in [3.8, 4) is 0 Å². The van der Waals surface area contributed by atoms with Gasteiger partial charge in [-0.25, -0.2) is 0 Å². The fraction of sp³-hybridized carbons (Fsp3) is 0.722. The first-order valence-electron chi connectivity index (χ1n) is 9.35. The quantitative estimate of drug-likeness (QED) is 0.824. The summed E-state index contributed by atoms with van der Waals surface area (Å²) in [6, 6.07) is 2.02. The van der Waals surface area contributed by atoms with Gasteiger partial charge in [-0.2, -0.15) is 5.10 Å². The van der Waals surface area contributed by atoms with Crippen LogP contribution in [0.3, 0.4) is 0 Å². The average Bonchev–Trinajstić information content (AvgIpc) is 3.05. The van der Waals surface area contributed by atoms with Gasteiger partial charge in [-0.1, -0.05) is 0 Å². The van der Waals surface area contributed by atoms with Crippen LogP contribution in [0.1, 0.15) is 43.5 Å². The van der Waals surface area contributed by atoms with Crippen molar-refractivity contribution >= 4 is 11.8 Å². The lowest BCUT2D eigenvalue weighted by Gasteiger charge is -2.25. The molecule has 1 aromatic rings. The van der Waals surface area contributed by atoms with Crippen molar-refractivity contribution < 1.29 is 9.59 Å². The highest BCUT2D eigenvalue weighted by Gasteiger charge is 2.29. The summed E-state index contributed by atoms with van der Waals surface area (Å²) in [7, 11) is 0. The van der Waals surface area contributed by atoms with Crippen molar-refractivity contribution in [1.29, 1.82) is 0 Å². The van der Waals surface area contributed by atoms with Gasteiger partial charge in [-0.05, 0) is 58.6 Å². The average molecular weight is 347 g/mol. The van der Waals surface area contributed by atoms with Crippen molar-refractivity contribution in [1.82, 2.24) is 25.3 Å². The predicted molar refractivity (Wildman–Crippen MR) is 95.1 cm³/mol. The van der Waals surface area contributed by atoms with Crippen molar-refractivity contribution in [2.24, 2.45) is 0 Å². The van der Waals surface area contributed by atoms with Crippen LogP contribution in [-0.4, -0.2) is 58.2 Å². The van der Waals surface area contributed by atoms with Gasteiger partial charge >= 0.3 is 0 Å². The number of carbonyl (C=O) groups is 2. The molecule has 2 aliphatic rings. The number of aryl methyl sites for hydroxylation is 2. The van der Waals surface area contributed by atoms with E-state index in [2.05, 4.69) is 33.6 Å². The highest BCUT2D eigenvalue weighted by atomic mass is 16.2. The van der Waals surface area contributed by atoms with Crippen molar-refractivity contribution in [2.45, 2.75) is 64.6 Å². The summed E-state index contributed by atoms with van der Waals surface area (Å²) in [5, 5.41) is 10.3. The van der Waals surface area contributed by atoms with Gasteiger partial charge in [0.25, 0.3) is 0 Å². The molecule has 2 saturated heterocycles. The molecule has 3 rings (SSSR count). The summed E-state index contributed by atoms with van der Waals surface area (Å²) in [5.74, 6) is -0.103. The normalized spacial score (nSPS) is 24.8. The van der Waals surface area contributed by atoms with Gasteiger partial charge in [-0.15, -0.1) is 0 Å². The van der Waals surface area contributed by atoms with E-state index in [1.807, 2.05) is 11.6 Å². The molecule has 0 unspecified atom stereocenters. The van der Waals surface area contributed by atoms with Gasteiger partial charge in [0, 0.05) is 18.3 Å². The minimum Gasteiger partial charge on any atom is -0.354 e. The number of likely N-dealkylation sites (tertiary alicyclic amines) is 1. The number of hydrogen-bond acceptors (Lipinski definition) is 4. The topological polar surface area (TPSA) is 79.3 Å². The van der Waals surface area contributed by atoms with E-state index in [1.165, 1.54) is 0 Å². The minimum absolute atomic E-state index is 0.0496. The predicted octanol–water partition coefficient (Wildman–Crippen LogP) is 0.749. The Bertz CT molecular complexity index is 627. The second kappa shape index (κ2) is 7.99. The highest BCUT2D eigenvalue weighted by molar-refractivity contribution is 5.88. The fourth-order valence-corrected chi connectivity index (χ4v) is 3.87. The van der Waals surface area contributed by atoms with Crippen LogP contribution in [0.5, 0.6) is 0 Å². The second-order valence-electron chi connectivity index (χ2n) is 7.28. The van der Waals surface area contributed by atoms with Crippen LogP contribution < -0.4 is 10.6 Å². The number of amides is 2. The number of rotatable bonds is 5. The first-order chi connectivity index (χ1) is 12.0. The largest absolute Gasteiger partial charge is 0.354 e. The van der Waals surface area contributed by atoms with E-state index in [-0.39, 0.29) is 17.9 Å². The Kier molecular flexibility index (Phi) is 5.73. The summed E-state index contributed by atoms with van der Waals surface area (Å²) >= 11 is 0. The molecule has 0 bridgehead atoms. The lowest BCUT2D eigenvalue weighted by Crippen LogP contribution is -2.49. The number of aromatic nitrogens is 2. The van der Waals surface area contributed by atoms with Gasteiger partial charge in [-0.3, -0.25) is 19.2 Å². The Hall–Kier alpha value is -1.89. The molecule has 25 heavy (non-hydrogen) atoms. The summed E-state index contributed by atoms with van der Waals surface area (Å²) in [6.45, 7) is 6.87. The second-order valence-corrected chi connectivity index (χ2v) is 7.28. The van der Waals surface area contributed by atoms with Gasteiger partial charge in [0.05, 0.1) is 18.8 Å². The fourth-order valence-electron chi connectivity index (χ4n) is 3.87. The minimum atomic E-state index is -0.382. The molecule has 2 atom stereocenters. The molecule has 0 spiro atoms. The van der Waals surface area contributed by atoms with Gasteiger partial charge in [0.15, 0.2) is 0 Å². The molecule has 0 aromatic carbocycles. The van der Waals surface area contributed by atoms with Gasteiger partial charge < -0.3 is 10.6 Å². The van der Waals surface area contributed by atoms with Gasteiger partial charge in [0.2, 0.25) is 11.8 Å². The molecular weight excluding hydrogens is 318 g/mol. The highest BCUT2D eigenvalue weighted by Crippen LogP contribution is 2.19. The van der Waals surface area contributed by atoms with E-state index in [0.29, 0.717) is 19.1 Å². The molecule has 2 fully saturated rings. The van der Waals surface area contributed by atoms with E-state index in [9.17, 15) is 9.59 Å². The Morgan fingerprint density at radius 3 is 2.92 bits per heavy atom. The standard InChI is InChI=1S/C18H29N5O2/c1-13-10-14(2)23(21-13)11-15-6-5-9-22(15)12-17(24)20-16-7-3-4-8-19-18(16)25/h10,15-16H,3-9,11-12H2,1-2H3,(H,19,25)(H,20,24)/t15-,16-/m0/s1. The van der Waals surface area contributed by atoms with Crippen LogP contribution in [-0.2, 0) is 16.1 Å². The van der Waals surface area contributed by atoms with Crippen molar-refractivity contribution in [3.05, 3.63) is 17.5 Å². The summed E-state index contributed by atoms with van der Waals surface area (Å²) in [4.78, 5) is 26.6. The van der Waals surface area contributed by atoms with Crippen LogP contribution in [0.25, 0.3) is 0 Å². The zero-order valence-electron chi connectivity index (χ0n) is 15.3. The van der Waals surface area contributed by atoms with Crippen LogP contribution >= 0.6 is 0 Å². The zero-order chi connectivity index (χ0) is 17.8. The maximum absolute atomic E-state index is 12.4. The number of carbonyl (C=O) groups excluding carboxylic acids is 2. The molecule has 2 amide bonds. The molecular formula is C18H29N5O2. The first-order valence-corrected chi connectivity index (χ1v) is 9.35. The molecule has 0 radical (unpaired) electrons. The maximum atomic E-state index is 12.4. The molecule has 138 valence electrons. The number of nitrogens with zero attached hydrogens (tertiary/aromatic N) is 3. The number of nitrogens with one attached hydrogen (secondary N) is 2. The van der Waals surface area contributed by atoms with E-state index in [1.54, 1.807) is 0 Å². The lowest BCUT2D eigenvalue weighted by molar-refractivity contribution is -0.129. The van der Waals surface area contributed by atoms with E-state index in [4.69, 9.17) is 0 Å². The third-order valence-electron chi connectivity index (χ3n) is 5.20. The summed E-state index contributed by atoms with van der Waals surface area (Å²) in [5.41, 5.74) is 2.18. The molecule has 2 N–H and O–H groups in total. The molecule has 1 aromatic heterocycles. The molecule has 3 heterocycles. The maximum Gasteiger partial charge on any atom is 0.242 e.